The number of carbonyl (C=O) groups excluding carboxylic acids is 1. The lowest BCUT2D eigenvalue weighted by Gasteiger charge is -2.42. The van der Waals surface area contributed by atoms with E-state index < -0.39 is 23.8 Å². The van der Waals surface area contributed by atoms with Crippen LogP contribution in [0.5, 0.6) is 5.75 Å². The Morgan fingerprint density at radius 3 is 2.67 bits per heavy atom. The van der Waals surface area contributed by atoms with Crippen molar-refractivity contribution in [2.75, 3.05) is 19.0 Å². The van der Waals surface area contributed by atoms with Gasteiger partial charge in [0.15, 0.2) is 0 Å². The minimum Gasteiger partial charge on any atom is -0.485 e. The largest absolute Gasteiger partial charge is 0.485 e. The summed E-state index contributed by atoms with van der Waals surface area (Å²) in [6.45, 7) is 3.86. The van der Waals surface area contributed by atoms with Gasteiger partial charge < -0.3 is 25.2 Å². The number of hydrogen-bond acceptors (Lipinski definition) is 5. The highest BCUT2D eigenvalue weighted by atomic mass is 16.5. The molecule has 2 aromatic carbocycles. The average Bonchev–Trinajstić information content (AvgIpc) is 2.65. The van der Waals surface area contributed by atoms with Crippen molar-refractivity contribution < 1.29 is 19.4 Å². The van der Waals surface area contributed by atoms with Gasteiger partial charge in [0.05, 0.1) is 12.6 Å². The number of fused-ring (bicyclic) bond motifs is 1. The van der Waals surface area contributed by atoms with Crippen LogP contribution in [0.4, 0.5) is 10.5 Å². The van der Waals surface area contributed by atoms with Crippen LogP contribution in [0, 0.1) is 0 Å². The standard InChI is InChI=1S/C21H26N2O4/c1-21(2)19(24)18(16-10-9-15(22-3)13-17(16)27-21)23-20(25)26-12-11-14-7-5-4-6-8-14/h4-10,13,18-19,22,24H,11-12H2,1-3H3,(H,23,25). The van der Waals surface area contributed by atoms with Gasteiger partial charge >= 0.3 is 6.09 Å². The second-order valence-electron chi connectivity index (χ2n) is 7.15. The van der Waals surface area contributed by atoms with Crippen molar-refractivity contribution in [3.63, 3.8) is 0 Å². The van der Waals surface area contributed by atoms with Crippen LogP contribution in [0.25, 0.3) is 0 Å². The first-order valence-electron chi connectivity index (χ1n) is 9.07. The third kappa shape index (κ3) is 4.34. The first-order chi connectivity index (χ1) is 12.9. The molecule has 0 radical (unpaired) electrons. The molecule has 2 atom stereocenters. The van der Waals surface area contributed by atoms with Crippen LogP contribution < -0.4 is 15.4 Å². The maximum absolute atomic E-state index is 12.3. The summed E-state index contributed by atoms with van der Waals surface area (Å²) >= 11 is 0. The maximum Gasteiger partial charge on any atom is 0.407 e. The number of ether oxygens (including phenoxy) is 2. The highest BCUT2D eigenvalue weighted by Gasteiger charge is 2.43. The van der Waals surface area contributed by atoms with Crippen molar-refractivity contribution in [1.82, 2.24) is 5.32 Å². The molecule has 2 unspecified atom stereocenters. The van der Waals surface area contributed by atoms with E-state index >= 15 is 0 Å². The fourth-order valence-electron chi connectivity index (χ4n) is 3.18. The Balaban J connectivity index is 1.68. The molecule has 0 fully saturated rings. The van der Waals surface area contributed by atoms with Crippen molar-refractivity contribution >= 4 is 11.8 Å². The van der Waals surface area contributed by atoms with Crippen molar-refractivity contribution in [2.45, 2.75) is 38.0 Å². The van der Waals surface area contributed by atoms with E-state index in [1.807, 2.05) is 55.6 Å². The molecule has 144 valence electrons. The highest BCUT2D eigenvalue weighted by molar-refractivity contribution is 5.69. The van der Waals surface area contributed by atoms with Gasteiger partial charge in [-0.15, -0.1) is 0 Å². The van der Waals surface area contributed by atoms with Crippen molar-refractivity contribution in [3.8, 4) is 5.75 Å². The van der Waals surface area contributed by atoms with Gasteiger partial charge in [0, 0.05) is 30.8 Å². The summed E-state index contributed by atoms with van der Waals surface area (Å²) in [5, 5.41) is 16.6. The van der Waals surface area contributed by atoms with E-state index in [2.05, 4.69) is 10.6 Å². The molecule has 0 aliphatic carbocycles. The SMILES string of the molecule is CNc1ccc2c(c1)OC(C)(C)C(O)C2NC(=O)OCCc1ccccc1. The van der Waals surface area contributed by atoms with E-state index in [1.54, 1.807) is 13.8 Å². The van der Waals surface area contributed by atoms with Crippen LogP contribution in [0.3, 0.4) is 0 Å². The topological polar surface area (TPSA) is 79.8 Å². The molecular formula is C21H26N2O4. The van der Waals surface area contributed by atoms with Crippen LogP contribution in [-0.2, 0) is 11.2 Å². The number of carbonyl (C=O) groups is 1. The quantitative estimate of drug-likeness (QED) is 0.753. The van der Waals surface area contributed by atoms with Crippen molar-refractivity contribution in [3.05, 3.63) is 59.7 Å². The lowest BCUT2D eigenvalue weighted by atomic mass is 9.86. The number of aliphatic hydroxyl groups is 1. The van der Waals surface area contributed by atoms with Crippen molar-refractivity contribution in [2.24, 2.45) is 0 Å². The van der Waals surface area contributed by atoms with E-state index in [4.69, 9.17) is 9.47 Å². The summed E-state index contributed by atoms with van der Waals surface area (Å²) in [5.41, 5.74) is 1.87. The van der Waals surface area contributed by atoms with Gasteiger partial charge in [-0.3, -0.25) is 0 Å². The maximum atomic E-state index is 12.3. The first kappa shape index (κ1) is 19.0. The Bertz CT molecular complexity index is 792. The summed E-state index contributed by atoms with van der Waals surface area (Å²) in [4.78, 5) is 12.3. The predicted octanol–water partition coefficient (Wildman–Crippen LogP) is 3.27. The number of hydrogen-bond donors (Lipinski definition) is 3. The second-order valence-corrected chi connectivity index (χ2v) is 7.15. The molecule has 1 aliphatic heterocycles. The van der Waals surface area contributed by atoms with E-state index in [9.17, 15) is 9.90 Å². The summed E-state index contributed by atoms with van der Waals surface area (Å²) in [6, 6.07) is 14.8. The number of nitrogens with one attached hydrogen (secondary N) is 2. The molecule has 6 nitrogen and oxygen atoms in total. The Labute approximate surface area is 159 Å². The normalized spacial score (nSPS) is 20.1. The van der Waals surface area contributed by atoms with Crippen LogP contribution >= 0.6 is 0 Å². The van der Waals surface area contributed by atoms with E-state index in [1.165, 1.54) is 0 Å². The molecule has 0 aromatic heterocycles. The van der Waals surface area contributed by atoms with Gasteiger partial charge in [0.25, 0.3) is 0 Å². The van der Waals surface area contributed by atoms with Gasteiger partial charge in [-0.25, -0.2) is 4.79 Å². The van der Waals surface area contributed by atoms with E-state index in [-0.39, 0.29) is 6.61 Å². The minimum absolute atomic E-state index is 0.268. The molecule has 1 amide bonds. The fraction of sp³-hybridized carbons (Fsp3) is 0.381. The molecular weight excluding hydrogens is 344 g/mol. The highest BCUT2D eigenvalue weighted by Crippen LogP contribution is 2.41. The molecule has 0 saturated carbocycles. The van der Waals surface area contributed by atoms with Gasteiger partial charge in [-0.05, 0) is 25.5 Å². The van der Waals surface area contributed by atoms with Crippen molar-refractivity contribution in [1.29, 1.82) is 0 Å². The van der Waals surface area contributed by atoms with E-state index in [0.29, 0.717) is 12.2 Å². The Kier molecular flexibility index (Phi) is 5.56. The number of rotatable bonds is 5. The zero-order valence-electron chi connectivity index (χ0n) is 15.9. The number of alkyl carbamates (subject to hydrolysis) is 1. The first-order valence-corrected chi connectivity index (χ1v) is 9.07. The summed E-state index contributed by atoms with van der Waals surface area (Å²) in [5.74, 6) is 0.631. The molecule has 27 heavy (non-hydrogen) atoms. The number of amides is 1. The lowest BCUT2D eigenvalue weighted by molar-refractivity contribution is -0.0636. The Hall–Kier alpha value is -2.73. The zero-order valence-corrected chi connectivity index (χ0v) is 15.9. The van der Waals surface area contributed by atoms with Crippen LogP contribution in [0.1, 0.15) is 31.0 Å². The smallest absolute Gasteiger partial charge is 0.407 e. The Morgan fingerprint density at radius 1 is 1.22 bits per heavy atom. The van der Waals surface area contributed by atoms with Crippen LogP contribution in [-0.4, -0.2) is 36.6 Å². The lowest BCUT2D eigenvalue weighted by Crippen LogP contribution is -2.53. The summed E-state index contributed by atoms with van der Waals surface area (Å²) in [7, 11) is 1.82. The third-order valence-electron chi connectivity index (χ3n) is 4.78. The predicted molar refractivity (Wildman–Crippen MR) is 104 cm³/mol. The monoisotopic (exact) mass is 370 g/mol. The Morgan fingerprint density at radius 2 is 1.96 bits per heavy atom. The number of benzene rings is 2. The van der Waals surface area contributed by atoms with Crippen LogP contribution in [0.2, 0.25) is 0 Å². The third-order valence-corrected chi connectivity index (χ3v) is 4.78. The molecule has 6 heteroatoms. The fourth-order valence-corrected chi connectivity index (χ4v) is 3.18. The second kappa shape index (κ2) is 7.88. The zero-order chi connectivity index (χ0) is 19.4. The molecule has 3 N–H and O–H groups in total. The molecule has 0 saturated heterocycles. The molecule has 1 heterocycles. The van der Waals surface area contributed by atoms with Crippen LogP contribution in [0.15, 0.2) is 48.5 Å². The van der Waals surface area contributed by atoms with Gasteiger partial charge in [0.2, 0.25) is 0 Å². The molecule has 0 spiro atoms. The minimum atomic E-state index is -0.910. The molecule has 0 bridgehead atoms. The summed E-state index contributed by atoms with van der Waals surface area (Å²) < 4.78 is 11.3. The molecule has 2 aromatic rings. The number of anilines is 1. The average molecular weight is 370 g/mol. The van der Waals surface area contributed by atoms with E-state index in [0.717, 1.165) is 16.8 Å². The number of aliphatic hydroxyl groups excluding tert-OH is 1. The van der Waals surface area contributed by atoms with Gasteiger partial charge in [-0.2, -0.15) is 0 Å². The molecule has 3 rings (SSSR count). The molecule has 1 aliphatic rings. The summed E-state index contributed by atoms with van der Waals surface area (Å²) in [6.07, 6.45) is -0.832. The van der Waals surface area contributed by atoms with Gasteiger partial charge in [-0.1, -0.05) is 36.4 Å². The van der Waals surface area contributed by atoms with Gasteiger partial charge in [0.1, 0.15) is 17.5 Å².